The first-order valence-electron chi connectivity index (χ1n) is 11.2. The van der Waals surface area contributed by atoms with Crippen molar-refractivity contribution in [3.63, 3.8) is 0 Å². The molecule has 0 bridgehead atoms. The van der Waals surface area contributed by atoms with Gasteiger partial charge in [-0.3, -0.25) is 9.36 Å². The summed E-state index contributed by atoms with van der Waals surface area (Å²) in [4.78, 5) is 13.9. The number of thioether (sulfide) groups is 2. The van der Waals surface area contributed by atoms with Crippen molar-refractivity contribution in [1.82, 2.24) is 14.8 Å². The minimum atomic E-state index is -0.0590. The van der Waals surface area contributed by atoms with E-state index < -0.39 is 0 Å². The van der Waals surface area contributed by atoms with E-state index in [2.05, 4.69) is 66.6 Å². The van der Waals surface area contributed by atoms with E-state index in [0.717, 1.165) is 22.8 Å². The lowest BCUT2D eigenvalue weighted by Crippen LogP contribution is -2.16. The normalized spacial score (nSPS) is 11.1. The van der Waals surface area contributed by atoms with Crippen molar-refractivity contribution in [2.24, 2.45) is 0 Å². The molecule has 0 saturated carbocycles. The van der Waals surface area contributed by atoms with Gasteiger partial charge >= 0.3 is 0 Å². The molecule has 0 aliphatic heterocycles. The monoisotopic (exact) mass is 488 g/mol. The molecule has 4 rings (SSSR count). The van der Waals surface area contributed by atoms with Crippen LogP contribution in [0.4, 0.5) is 5.69 Å². The van der Waals surface area contributed by atoms with Crippen LogP contribution in [-0.2, 0) is 10.5 Å². The lowest BCUT2D eigenvalue weighted by Gasteiger charge is -2.14. The maximum absolute atomic E-state index is 12.8. The highest BCUT2D eigenvalue weighted by Gasteiger charge is 2.17. The van der Waals surface area contributed by atoms with Gasteiger partial charge in [-0.25, -0.2) is 0 Å². The minimum Gasteiger partial charge on any atom is -0.325 e. The van der Waals surface area contributed by atoms with Gasteiger partial charge in [0.05, 0.1) is 11.5 Å². The Bertz CT molecular complexity index is 1240. The van der Waals surface area contributed by atoms with Gasteiger partial charge in [0.2, 0.25) is 5.91 Å². The Morgan fingerprint density at radius 1 is 0.912 bits per heavy atom. The van der Waals surface area contributed by atoms with E-state index >= 15 is 0 Å². The zero-order valence-electron chi connectivity index (χ0n) is 19.6. The fraction of sp³-hybridized carbons (Fsp3) is 0.222. The number of amides is 1. The fourth-order valence-corrected chi connectivity index (χ4v) is 5.12. The lowest BCUT2D eigenvalue weighted by atomic mass is 10.0. The third-order valence-corrected chi connectivity index (χ3v) is 7.23. The number of nitrogens with one attached hydrogen (secondary N) is 1. The van der Waals surface area contributed by atoms with Gasteiger partial charge in [0, 0.05) is 16.3 Å². The zero-order valence-corrected chi connectivity index (χ0v) is 21.2. The lowest BCUT2D eigenvalue weighted by molar-refractivity contribution is -0.113. The van der Waals surface area contributed by atoms with Gasteiger partial charge in [0.1, 0.15) is 5.82 Å². The number of carbonyl (C=O) groups is 1. The smallest absolute Gasteiger partial charge is 0.234 e. The second kappa shape index (κ2) is 11.4. The first kappa shape index (κ1) is 24.1. The van der Waals surface area contributed by atoms with Gasteiger partial charge in [0.25, 0.3) is 0 Å². The number of hydrogen-bond acceptors (Lipinski definition) is 5. The van der Waals surface area contributed by atoms with E-state index in [-0.39, 0.29) is 11.7 Å². The highest BCUT2D eigenvalue weighted by molar-refractivity contribution is 7.99. The first-order valence-corrected chi connectivity index (χ1v) is 13.2. The van der Waals surface area contributed by atoms with E-state index in [1.54, 1.807) is 11.8 Å². The number of rotatable bonds is 9. The maximum atomic E-state index is 12.8. The molecule has 0 atom stereocenters. The van der Waals surface area contributed by atoms with Crippen molar-refractivity contribution in [2.45, 2.75) is 42.5 Å². The number of benzene rings is 3. The molecule has 0 aliphatic carbocycles. The Kier molecular flexibility index (Phi) is 8.08. The number of nitrogens with zero attached hydrogens (tertiary/aromatic N) is 3. The van der Waals surface area contributed by atoms with E-state index in [1.807, 2.05) is 53.1 Å². The molecular weight excluding hydrogens is 460 g/mol. The van der Waals surface area contributed by atoms with Crippen LogP contribution < -0.4 is 5.32 Å². The summed E-state index contributed by atoms with van der Waals surface area (Å²) in [7, 11) is 0. The van der Waals surface area contributed by atoms with Crippen molar-refractivity contribution in [1.29, 1.82) is 0 Å². The van der Waals surface area contributed by atoms with Crippen LogP contribution >= 0.6 is 23.5 Å². The molecule has 34 heavy (non-hydrogen) atoms. The molecule has 0 spiro atoms. The zero-order chi connectivity index (χ0) is 23.9. The van der Waals surface area contributed by atoms with Crippen LogP contribution in [-0.4, -0.2) is 26.4 Å². The minimum absolute atomic E-state index is 0.0590. The van der Waals surface area contributed by atoms with Crippen LogP contribution in [0.25, 0.3) is 5.69 Å². The van der Waals surface area contributed by atoms with Crippen LogP contribution in [0.1, 0.15) is 36.7 Å². The number of hydrogen-bond donors (Lipinski definition) is 1. The SMILES string of the molecule is Cc1ccc(SCc2nnc(SCC(=O)Nc3ccccc3C(C)C)n2-c2ccccc2)cc1. The number of carbonyl (C=O) groups excluding carboxylic acids is 1. The van der Waals surface area contributed by atoms with Crippen molar-refractivity contribution in [2.75, 3.05) is 11.1 Å². The average Bonchev–Trinajstić information content (AvgIpc) is 3.26. The van der Waals surface area contributed by atoms with Gasteiger partial charge in [-0.15, -0.1) is 22.0 Å². The van der Waals surface area contributed by atoms with Crippen LogP contribution in [0, 0.1) is 6.92 Å². The van der Waals surface area contributed by atoms with Crippen molar-refractivity contribution in [3.05, 3.63) is 95.8 Å². The molecule has 0 radical (unpaired) electrons. The van der Waals surface area contributed by atoms with E-state index in [1.165, 1.54) is 22.2 Å². The summed E-state index contributed by atoms with van der Waals surface area (Å²) in [6.07, 6.45) is 0. The highest BCUT2D eigenvalue weighted by atomic mass is 32.2. The molecule has 3 aromatic carbocycles. The predicted octanol–water partition coefficient (Wildman–Crippen LogP) is 6.72. The maximum Gasteiger partial charge on any atom is 0.234 e. The second-order valence-electron chi connectivity index (χ2n) is 8.25. The van der Waals surface area contributed by atoms with Crippen LogP contribution in [0.15, 0.2) is 88.9 Å². The first-order chi connectivity index (χ1) is 16.5. The summed E-state index contributed by atoms with van der Waals surface area (Å²) in [6, 6.07) is 26.5. The van der Waals surface area contributed by atoms with Gasteiger partial charge in [-0.2, -0.15) is 0 Å². The van der Waals surface area contributed by atoms with E-state index in [4.69, 9.17) is 0 Å². The Labute approximate surface area is 209 Å². The predicted molar refractivity (Wildman–Crippen MR) is 142 cm³/mol. The van der Waals surface area contributed by atoms with Crippen LogP contribution in [0.3, 0.4) is 0 Å². The molecular formula is C27H28N4OS2. The Hall–Kier alpha value is -3.03. The number of para-hydroxylation sites is 2. The summed E-state index contributed by atoms with van der Waals surface area (Å²) in [6.45, 7) is 6.33. The number of aromatic nitrogens is 3. The van der Waals surface area contributed by atoms with Crippen molar-refractivity contribution < 1.29 is 4.79 Å². The molecule has 0 saturated heterocycles. The topological polar surface area (TPSA) is 59.8 Å². The van der Waals surface area contributed by atoms with Crippen molar-refractivity contribution in [3.8, 4) is 5.69 Å². The molecule has 0 unspecified atom stereocenters. The summed E-state index contributed by atoms with van der Waals surface area (Å²) in [5.41, 5.74) is 4.22. The van der Waals surface area contributed by atoms with Gasteiger partial charge in [-0.1, -0.05) is 79.7 Å². The molecule has 0 aliphatic rings. The van der Waals surface area contributed by atoms with Crippen molar-refractivity contribution >= 4 is 35.1 Å². The van der Waals surface area contributed by atoms with Gasteiger partial charge < -0.3 is 5.32 Å². The Morgan fingerprint density at radius 2 is 1.62 bits per heavy atom. The Balaban J connectivity index is 1.49. The third-order valence-electron chi connectivity index (χ3n) is 5.29. The largest absolute Gasteiger partial charge is 0.325 e. The van der Waals surface area contributed by atoms with Gasteiger partial charge in [0.15, 0.2) is 5.16 Å². The Morgan fingerprint density at radius 3 is 2.35 bits per heavy atom. The second-order valence-corrected chi connectivity index (χ2v) is 10.2. The molecule has 7 heteroatoms. The summed E-state index contributed by atoms with van der Waals surface area (Å²) >= 11 is 3.12. The summed E-state index contributed by atoms with van der Waals surface area (Å²) < 4.78 is 2.04. The number of anilines is 1. The van der Waals surface area contributed by atoms with E-state index in [9.17, 15) is 4.79 Å². The number of aryl methyl sites for hydroxylation is 1. The summed E-state index contributed by atoms with van der Waals surface area (Å²) in [5, 5.41) is 12.7. The van der Waals surface area contributed by atoms with E-state index in [0.29, 0.717) is 16.8 Å². The molecule has 174 valence electrons. The standard InChI is InChI=1S/C27H28N4OS2/c1-19(2)23-11-7-8-12-24(23)28-26(32)18-34-27-30-29-25(31(27)21-9-5-4-6-10-21)17-33-22-15-13-20(3)14-16-22/h4-16,19H,17-18H2,1-3H3,(H,28,32). The summed E-state index contributed by atoms with van der Waals surface area (Å²) in [5.74, 6) is 2.06. The molecule has 4 aromatic rings. The fourth-order valence-electron chi connectivity index (χ4n) is 3.54. The van der Waals surface area contributed by atoms with Crippen LogP contribution in [0.2, 0.25) is 0 Å². The molecule has 1 N–H and O–H groups in total. The average molecular weight is 489 g/mol. The highest BCUT2D eigenvalue weighted by Crippen LogP contribution is 2.28. The molecule has 0 fully saturated rings. The molecule has 1 heterocycles. The molecule has 5 nitrogen and oxygen atoms in total. The van der Waals surface area contributed by atoms with Crippen LogP contribution in [0.5, 0.6) is 0 Å². The molecule has 1 amide bonds. The van der Waals surface area contributed by atoms with Gasteiger partial charge in [-0.05, 0) is 48.7 Å². The quantitative estimate of drug-likeness (QED) is 0.265. The molecule has 1 aromatic heterocycles. The third kappa shape index (κ3) is 6.10.